The Bertz CT molecular complexity index is 1490. The van der Waals surface area contributed by atoms with Crippen molar-refractivity contribution in [1.82, 2.24) is 0 Å². The van der Waals surface area contributed by atoms with Crippen molar-refractivity contribution < 1.29 is 44.0 Å². The summed E-state index contributed by atoms with van der Waals surface area (Å²) in [5.74, 6) is 0. The molecule has 1 heterocycles. The van der Waals surface area contributed by atoms with Crippen molar-refractivity contribution in [1.29, 1.82) is 0 Å². The van der Waals surface area contributed by atoms with Crippen LogP contribution in [0.1, 0.15) is 37.6 Å². The van der Waals surface area contributed by atoms with Gasteiger partial charge in [-0.3, -0.25) is 0 Å². The van der Waals surface area contributed by atoms with Gasteiger partial charge < -0.3 is 24.8 Å². The van der Waals surface area contributed by atoms with E-state index in [0.29, 0.717) is 8.45 Å². The van der Waals surface area contributed by atoms with Crippen LogP contribution in [0.25, 0.3) is 34.4 Å². The summed E-state index contributed by atoms with van der Waals surface area (Å²) in [7, 11) is -0.276. The van der Waals surface area contributed by atoms with Crippen molar-refractivity contribution in [2.24, 2.45) is 0 Å². The molecule has 36 heavy (non-hydrogen) atoms. The molecule has 7 rings (SSSR count). The summed E-state index contributed by atoms with van der Waals surface area (Å²) in [6, 6.07) is 34.1. The normalized spacial score (nSPS) is 19.7. The molecule has 0 amide bonds. The number of fused-ring (bicyclic) bond motifs is 3. The van der Waals surface area contributed by atoms with Gasteiger partial charge in [0.25, 0.3) is 0 Å². The van der Waals surface area contributed by atoms with Gasteiger partial charge in [-0.15, -0.1) is 0 Å². The topological polar surface area (TPSA) is 0 Å². The van der Waals surface area contributed by atoms with Crippen LogP contribution in [0.5, 0.6) is 0 Å². The fraction of sp³-hybridized carbons (Fsp3) is 0.125. The van der Waals surface area contributed by atoms with E-state index in [-0.39, 0.29) is 51.9 Å². The molecule has 4 aromatic rings. The average Bonchev–Trinajstić information content (AvgIpc) is 3.43. The van der Waals surface area contributed by atoms with Gasteiger partial charge in [-0.25, -0.2) is 0 Å². The first kappa shape index (κ1) is 25.7. The van der Waals surface area contributed by atoms with Crippen molar-refractivity contribution in [3.63, 3.8) is 0 Å². The summed E-state index contributed by atoms with van der Waals surface area (Å²) >= 11 is -0.307. The zero-order valence-electron chi connectivity index (χ0n) is 20.0. The minimum absolute atomic E-state index is 0. The second kappa shape index (κ2) is 10.5. The van der Waals surface area contributed by atoms with Gasteiger partial charge >= 0.3 is 213 Å². The Hall–Kier alpha value is -1.92. The molecular formula is C32H25Cl2PTi. The molecule has 0 aromatic heterocycles. The average molecular weight is 559 g/mol. The monoisotopic (exact) mass is 558 g/mol. The number of hydrogen-bond donors (Lipinski definition) is 0. The van der Waals surface area contributed by atoms with Gasteiger partial charge in [-0.05, 0) is 0 Å². The van der Waals surface area contributed by atoms with Crippen LogP contribution in [0, 0.1) is 0 Å². The quantitative estimate of drug-likeness (QED) is 0.267. The van der Waals surface area contributed by atoms with Gasteiger partial charge in [0.2, 0.25) is 0 Å². The van der Waals surface area contributed by atoms with E-state index >= 15 is 0 Å². The number of halogens is 2. The van der Waals surface area contributed by atoms with Gasteiger partial charge in [-0.2, -0.15) is 0 Å². The summed E-state index contributed by atoms with van der Waals surface area (Å²) in [6.45, 7) is 2.39. The largest absolute Gasteiger partial charge is 1.00 e. The van der Waals surface area contributed by atoms with E-state index in [1.807, 2.05) is 0 Å². The van der Waals surface area contributed by atoms with Crippen LogP contribution >= 0.6 is 7.92 Å². The first-order valence-electron chi connectivity index (χ1n) is 12.2. The molecule has 0 nitrogen and oxygen atoms in total. The molecule has 2 bridgehead atoms. The van der Waals surface area contributed by atoms with Crippen molar-refractivity contribution >= 4 is 25.4 Å². The predicted octanol–water partition coefficient (Wildman–Crippen LogP) is 2.42. The van der Waals surface area contributed by atoms with Gasteiger partial charge in [0, 0.05) is 0 Å². The van der Waals surface area contributed by atoms with Crippen LogP contribution in [0.2, 0.25) is 0 Å². The molecule has 3 atom stereocenters. The Labute approximate surface area is 236 Å². The smallest absolute Gasteiger partial charge is 1.00 e. The third-order valence-corrected chi connectivity index (χ3v) is 13.3. The maximum atomic E-state index is 2.61. The Balaban J connectivity index is 0.00000133. The first-order valence-corrected chi connectivity index (χ1v) is 15.5. The van der Waals surface area contributed by atoms with Crippen molar-refractivity contribution in [2.75, 3.05) is 6.16 Å². The Kier molecular flexibility index (Phi) is 7.47. The molecular weight excluding hydrogens is 534 g/mol. The van der Waals surface area contributed by atoms with E-state index in [1.54, 1.807) is 21.7 Å². The molecule has 4 aromatic carbocycles. The Morgan fingerprint density at radius 1 is 0.694 bits per heavy atom. The maximum absolute atomic E-state index is 2.61. The van der Waals surface area contributed by atoms with Gasteiger partial charge in [0.05, 0.1) is 0 Å². The van der Waals surface area contributed by atoms with E-state index in [2.05, 4.69) is 116 Å². The van der Waals surface area contributed by atoms with Gasteiger partial charge in [-0.1, -0.05) is 0 Å². The van der Waals surface area contributed by atoms with Crippen LogP contribution < -0.4 is 30.1 Å². The molecule has 1 aliphatic heterocycles. The number of hydrogen-bond acceptors (Lipinski definition) is 0. The molecule has 0 saturated carbocycles. The molecule has 4 heteroatoms. The summed E-state index contributed by atoms with van der Waals surface area (Å²) in [5.41, 5.74) is 11.7. The van der Waals surface area contributed by atoms with E-state index in [1.165, 1.54) is 39.5 Å². The minimum atomic E-state index is -0.307. The molecule has 0 fully saturated rings. The third-order valence-electron chi connectivity index (χ3n) is 7.51. The van der Waals surface area contributed by atoms with Gasteiger partial charge in [0.1, 0.15) is 0 Å². The van der Waals surface area contributed by atoms with Gasteiger partial charge in [0.15, 0.2) is 0 Å². The Morgan fingerprint density at radius 3 is 2.19 bits per heavy atom. The molecule has 3 unspecified atom stereocenters. The molecule has 3 aliphatic rings. The van der Waals surface area contributed by atoms with E-state index < -0.39 is 0 Å². The Morgan fingerprint density at radius 2 is 1.39 bits per heavy atom. The van der Waals surface area contributed by atoms with Crippen LogP contribution in [-0.4, -0.2) is 6.16 Å². The van der Waals surface area contributed by atoms with Crippen molar-refractivity contribution in [2.45, 2.75) is 15.4 Å². The summed E-state index contributed by atoms with van der Waals surface area (Å²) in [5, 5.41) is 3.33. The molecule has 176 valence electrons. The van der Waals surface area contributed by atoms with Crippen molar-refractivity contribution in [3.8, 4) is 22.3 Å². The van der Waals surface area contributed by atoms with E-state index in [9.17, 15) is 0 Å². The van der Waals surface area contributed by atoms with Crippen molar-refractivity contribution in [3.05, 3.63) is 125 Å². The SMILES string of the molecule is CCP1C2=Cc3c(cccc3[CH]2[Ti+2][CH]2C=Cc3c(-c4ccccc4)cccc32)-c2ccccc21.[Cl-].[Cl-]. The molecule has 0 saturated heterocycles. The maximum Gasteiger partial charge on any atom is -1.00 e. The number of allylic oxidation sites excluding steroid dienone is 2. The van der Waals surface area contributed by atoms with E-state index in [0.717, 1.165) is 0 Å². The zero-order chi connectivity index (χ0) is 22.6. The second-order valence-electron chi connectivity index (χ2n) is 9.25. The fourth-order valence-corrected chi connectivity index (χ4v) is 12.1. The third kappa shape index (κ3) is 4.00. The van der Waals surface area contributed by atoms with Crippen LogP contribution in [0.15, 0.2) is 102 Å². The molecule has 0 N–H and O–H groups in total. The molecule has 0 radical (unpaired) electrons. The predicted molar refractivity (Wildman–Crippen MR) is 143 cm³/mol. The minimum Gasteiger partial charge on any atom is -1.00 e. The van der Waals surface area contributed by atoms with Crippen LogP contribution in [0.3, 0.4) is 0 Å². The van der Waals surface area contributed by atoms with E-state index in [4.69, 9.17) is 0 Å². The fourth-order valence-electron chi connectivity index (χ4n) is 5.99. The van der Waals surface area contributed by atoms with Crippen LogP contribution in [0.4, 0.5) is 0 Å². The standard InChI is InChI=1S/C17H14P.C15H11.2ClH.Ti/c1-2-18-13-10-12-6-5-8-14(16(12)11-13)15-7-3-4-9-17(15)18;1-2-6-12(7-3-1)14-10-4-8-13-9-5-11-15(13)14;;;/h3-11H,2H2,1H3;1-11H;2*1H;/q;;;;+2/p-2. The molecule has 2 aliphatic carbocycles. The number of benzene rings is 4. The molecule has 0 spiro atoms. The zero-order valence-corrected chi connectivity index (χ0v) is 23.9. The second-order valence-corrected chi connectivity index (χ2v) is 14.1. The summed E-state index contributed by atoms with van der Waals surface area (Å²) in [6.07, 6.45) is 8.76. The van der Waals surface area contributed by atoms with Crippen LogP contribution in [-0.2, 0) is 19.2 Å². The first-order chi connectivity index (χ1) is 16.8. The number of rotatable bonds is 4. The summed E-state index contributed by atoms with van der Waals surface area (Å²) < 4.78 is 1.22. The summed E-state index contributed by atoms with van der Waals surface area (Å²) in [4.78, 5) is 0.